The molecule has 1 aromatic carbocycles. The number of pyridine rings is 1. The first kappa shape index (κ1) is 13.0. The van der Waals surface area contributed by atoms with Gasteiger partial charge in [0.1, 0.15) is 0 Å². The Bertz CT molecular complexity index is 629. The molecule has 1 saturated carbocycles. The van der Waals surface area contributed by atoms with Crippen LogP contribution in [0.5, 0.6) is 0 Å². The Kier molecular flexibility index (Phi) is 2.90. The molecule has 1 heterocycles. The average molecular weight is 279 g/mol. The third-order valence-electron chi connectivity index (χ3n) is 5.53. The average Bonchev–Trinajstić information content (AvgIpc) is 2.71. The predicted molar refractivity (Wildman–Crippen MR) is 82.9 cm³/mol. The van der Waals surface area contributed by atoms with Crippen molar-refractivity contribution in [1.82, 2.24) is 4.98 Å². The summed E-state index contributed by atoms with van der Waals surface area (Å²) in [5.41, 5.74) is 4.14. The van der Waals surface area contributed by atoms with E-state index in [1.54, 1.807) is 0 Å². The molecule has 1 fully saturated rings. The summed E-state index contributed by atoms with van der Waals surface area (Å²) >= 11 is 0. The number of rotatable bonds is 1. The molecule has 1 aromatic heterocycles. The van der Waals surface area contributed by atoms with Crippen molar-refractivity contribution in [3.05, 3.63) is 65.0 Å². The summed E-state index contributed by atoms with van der Waals surface area (Å²) in [4.78, 5) is 4.42. The Morgan fingerprint density at radius 2 is 1.62 bits per heavy atom. The minimum Gasteiger partial charge on any atom is -0.385 e. The van der Waals surface area contributed by atoms with Crippen LogP contribution >= 0.6 is 0 Å². The fourth-order valence-corrected chi connectivity index (χ4v) is 4.35. The third kappa shape index (κ3) is 1.93. The van der Waals surface area contributed by atoms with Crippen LogP contribution in [0.4, 0.5) is 0 Å². The van der Waals surface area contributed by atoms with Gasteiger partial charge in [0.25, 0.3) is 0 Å². The quantitative estimate of drug-likeness (QED) is 0.868. The van der Waals surface area contributed by atoms with Crippen molar-refractivity contribution in [2.24, 2.45) is 11.8 Å². The first-order valence-electron chi connectivity index (χ1n) is 7.90. The van der Waals surface area contributed by atoms with E-state index in [1.165, 1.54) is 11.1 Å². The second kappa shape index (κ2) is 4.67. The molecule has 21 heavy (non-hydrogen) atoms. The van der Waals surface area contributed by atoms with Gasteiger partial charge in [-0.15, -0.1) is 0 Å². The van der Waals surface area contributed by atoms with E-state index in [9.17, 15) is 5.11 Å². The number of fused-ring (bicyclic) bond motifs is 3. The maximum Gasteiger partial charge on any atom is 0.0973 e. The normalized spacial score (nSPS) is 30.8. The maximum absolute atomic E-state index is 11.5. The third-order valence-corrected chi connectivity index (χ3v) is 5.53. The van der Waals surface area contributed by atoms with Crippen LogP contribution in [0.1, 0.15) is 35.2 Å². The van der Waals surface area contributed by atoms with Crippen LogP contribution in [0.15, 0.2) is 42.6 Å². The molecular weight excluding hydrogens is 258 g/mol. The van der Waals surface area contributed by atoms with Gasteiger partial charge in [0.15, 0.2) is 0 Å². The van der Waals surface area contributed by atoms with Gasteiger partial charge in [-0.3, -0.25) is 4.98 Å². The highest BCUT2D eigenvalue weighted by Gasteiger charge is 2.51. The fourth-order valence-electron chi connectivity index (χ4n) is 4.35. The zero-order chi connectivity index (χ0) is 14.4. The second-order valence-corrected chi connectivity index (χ2v) is 6.66. The summed E-state index contributed by atoms with van der Waals surface area (Å²) in [6.45, 7) is 1.99. The molecule has 2 heteroatoms. The van der Waals surface area contributed by atoms with Crippen molar-refractivity contribution < 1.29 is 5.11 Å². The van der Waals surface area contributed by atoms with Crippen LogP contribution in [0.25, 0.3) is 0 Å². The predicted octanol–water partition coefficient (Wildman–Crippen LogP) is 3.40. The van der Waals surface area contributed by atoms with Gasteiger partial charge in [0.05, 0.1) is 5.60 Å². The van der Waals surface area contributed by atoms with Crippen molar-refractivity contribution in [2.75, 3.05) is 0 Å². The van der Waals surface area contributed by atoms with Gasteiger partial charge in [-0.1, -0.05) is 30.3 Å². The number of benzene rings is 1. The lowest BCUT2D eigenvalue weighted by Gasteiger charge is -2.34. The minimum absolute atomic E-state index is 0.315. The van der Waals surface area contributed by atoms with E-state index in [0.717, 1.165) is 36.9 Å². The van der Waals surface area contributed by atoms with Gasteiger partial charge in [0.2, 0.25) is 0 Å². The van der Waals surface area contributed by atoms with Gasteiger partial charge >= 0.3 is 0 Å². The van der Waals surface area contributed by atoms with Gasteiger partial charge in [-0.2, -0.15) is 0 Å². The highest BCUT2D eigenvalue weighted by atomic mass is 16.3. The molecule has 4 rings (SSSR count). The highest BCUT2D eigenvalue weighted by Crippen LogP contribution is 2.52. The van der Waals surface area contributed by atoms with Crippen LogP contribution in [0.3, 0.4) is 0 Å². The lowest BCUT2D eigenvalue weighted by molar-refractivity contribution is -0.0398. The van der Waals surface area contributed by atoms with Gasteiger partial charge in [-0.25, -0.2) is 0 Å². The lowest BCUT2D eigenvalue weighted by atomic mass is 9.77. The van der Waals surface area contributed by atoms with Crippen molar-refractivity contribution in [1.29, 1.82) is 0 Å². The van der Waals surface area contributed by atoms with Crippen molar-refractivity contribution >= 4 is 0 Å². The molecule has 2 aliphatic rings. The highest BCUT2D eigenvalue weighted by molar-refractivity contribution is 5.35. The zero-order valence-electron chi connectivity index (χ0n) is 12.4. The van der Waals surface area contributed by atoms with E-state index < -0.39 is 5.60 Å². The topological polar surface area (TPSA) is 33.1 Å². The van der Waals surface area contributed by atoms with Crippen molar-refractivity contribution in [2.45, 2.75) is 38.2 Å². The van der Waals surface area contributed by atoms with E-state index in [1.807, 2.05) is 19.2 Å². The standard InChI is InChI=1S/C19H21NO/c1-13-6-7-18(12-20-13)19(21)16-8-9-17(19)11-15-5-3-2-4-14(15)10-16/h2-7,12,16-17,21H,8-11H2,1H3. The molecule has 2 bridgehead atoms. The zero-order valence-corrected chi connectivity index (χ0v) is 12.4. The van der Waals surface area contributed by atoms with E-state index in [0.29, 0.717) is 11.8 Å². The number of aryl methyl sites for hydroxylation is 1. The van der Waals surface area contributed by atoms with Crippen LogP contribution in [0.2, 0.25) is 0 Å². The number of nitrogens with zero attached hydrogens (tertiary/aromatic N) is 1. The molecule has 1 N–H and O–H groups in total. The largest absolute Gasteiger partial charge is 0.385 e. The summed E-state index contributed by atoms with van der Waals surface area (Å²) in [7, 11) is 0. The summed E-state index contributed by atoms with van der Waals surface area (Å²) in [5, 5.41) is 11.5. The van der Waals surface area contributed by atoms with E-state index >= 15 is 0 Å². The summed E-state index contributed by atoms with van der Waals surface area (Å²) in [5.74, 6) is 0.631. The van der Waals surface area contributed by atoms with E-state index in [2.05, 4.69) is 35.3 Å². The number of aliphatic hydroxyl groups is 1. The molecule has 0 amide bonds. The van der Waals surface area contributed by atoms with E-state index in [4.69, 9.17) is 0 Å². The Hall–Kier alpha value is -1.67. The SMILES string of the molecule is Cc1ccc(C2(O)C3CCC2Cc2ccccc2C3)cn1. The monoisotopic (exact) mass is 279 g/mol. The Balaban J connectivity index is 1.79. The molecule has 0 spiro atoms. The van der Waals surface area contributed by atoms with Crippen molar-refractivity contribution in [3.8, 4) is 0 Å². The molecular formula is C19H21NO. The minimum atomic E-state index is -0.709. The van der Waals surface area contributed by atoms with E-state index in [-0.39, 0.29) is 0 Å². The molecule has 2 aliphatic carbocycles. The Morgan fingerprint density at radius 3 is 2.14 bits per heavy atom. The molecule has 0 saturated heterocycles. The lowest BCUT2D eigenvalue weighted by Crippen LogP contribution is -2.37. The number of hydrogen-bond acceptors (Lipinski definition) is 2. The molecule has 2 aromatic rings. The molecule has 2 atom stereocenters. The summed E-state index contributed by atoms with van der Waals surface area (Å²) in [6, 6.07) is 12.8. The molecule has 2 nitrogen and oxygen atoms in total. The first-order valence-corrected chi connectivity index (χ1v) is 7.90. The number of hydrogen-bond donors (Lipinski definition) is 1. The van der Waals surface area contributed by atoms with Crippen LogP contribution in [0, 0.1) is 18.8 Å². The van der Waals surface area contributed by atoms with Gasteiger partial charge in [-0.05, 0) is 61.6 Å². The van der Waals surface area contributed by atoms with Crippen molar-refractivity contribution in [3.63, 3.8) is 0 Å². The summed E-state index contributed by atoms with van der Waals surface area (Å²) < 4.78 is 0. The molecule has 0 radical (unpaired) electrons. The smallest absolute Gasteiger partial charge is 0.0973 e. The summed E-state index contributed by atoms with van der Waals surface area (Å²) in [6.07, 6.45) is 6.08. The fraction of sp³-hybridized carbons (Fsp3) is 0.421. The van der Waals surface area contributed by atoms with Gasteiger partial charge in [0, 0.05) is 17.5 Å². The number of aromatic nitrogens is 1. The van der Waals surface area contributed by atoms with Gasteiger partial charge < -0.3 is 5.11 Å². The Labute approximate surface area is 125 Å². The maximum atomic E-state index is 11.5. The Morgan fingerprint density at radius 1 is 1.00 bits per heavy atom. The van der Waals surface area contributed by atoms with Crippen LogP contribution in [-0.4, -0.2) is 10.1 Å². The second-order valence-electron chi connectivity index (χ2n) is 6.66. The van der Waals surface area contributed by atoms with Crippen LogP contribution in [-0.2, 0) is 18.4 Å². The molecule has 2 unspecified atom stereocenters. The van der Waals surface area contributed by atoms with Crippen LogP contribution < -0.4 is 0 Å². The molecule has 108 valence electrons. The molecule has 0 aliphatic heterocycles. The first-order chi connectivity index (χ1) is 10.2.